The van der Waals surface area contributed by atoms with E-state index < -0.39 is 5.97 Å². The first-order valence-corrected chi connectivity index (χ1v) is 9.33. The monoisotopic (exact) mass is 370 g/mol. The Bertz CT molecular complexity index is 756. The van der Waals surface area contributed by atoms with Crippen molar-refractivity contribution in [2.75, 3.05) is 7.11 Å². The van der Waals surface area contributed by atoms with E-state index in [2.05, 4.69) is 39.5 Å². The summed E-state index contributed by atoms with van der Waals surface area (Å²) in [5.41, 5.74) is 2.40. The van der Waals surface area contributed by atoms with Crippen molar-refractivity contribution in [2.45, 2.75) is 52.6 Å². The van der Waals surface area contributed by atoms with Crippen LogP contribution in [0.2, 0.25) is 0 Å². The molecule has 27 heavy (non-hydrogen) atoms. The van der Waals surface area contributed by atoms with Crippen LogP contribution in [0.4, 0.5) is 0 Å². The quantitative estimate of drug-likeness (QED) is 0.557. The molecule has 0 saturated heterocycles. The molecule has 1 aliphatic rings. The molecule has 0 aliphatic heterocycles. The van der Waals surface area contributed by atoms with Crippen molar-refractivity contribution < 1.29 is 19.4 Å². The minimum absolute atomic E-state index is 0.00784. The predicted molar refractivity (Wildman–Crippen MR) is 108 cm³/mol. The summed E-state index contributed by atoms with van der Waals surface area (Å²) in [5.74, 6) is -0.178. The van der Waals surface area contributed by atoms with Crippen LogP contribution in [0.25, 0.3) is 0 Å². The predicted octanol–water partition coefficient (Wildman–Crippen LogP) is 5.59. The topological polar surface area (TPSA) is 55.8 Å². The molecule has 1 aromatic carbocycles. The van der Waals surface area contributed by atoms with E-state index in [1.165, 1.54) is 24.8 Å². The maximum absolute atomic E-state index is 12.7. The smallest absolute Gasteiger partial charge is 0.338 e. The number of esters is 1. The van der Waals surface area contributed by atoms with Crippen LogP contribution in [0.1, 0.15) is 56.8 Å². The summed E-state index contributed by atoms with van der Waals surface area (Å²) in [6, 6.07) is 4.48. The van der Waals surface area contributed by atoms with E-state index in [-0.39, 0.29) is 23.0 Å². The van der Waals surface area contributed by atoms with Gasteiger partial charge in [0.05, 0.1) is 12.7 Å². The van der Waals surface area contributed by atoms with Crippen LogP contribution in [0.5, 0.6) is 11.5 Å². The first-order valence-electron chi connectivity index (χ1n) is 9.33. The highest BCUT2D eigenvalue weighted by Gasteiger charge is 2.31. The molecule has 0 aromatic heterocycles. The number of phenols is 1. The third-order valence-electron chi connectivity index (χ3n) is 5.00. The molecule has 0 amide bonds. The van der Waals surface area contributed by atoms with Crippen molar-refractivity contribution >= 4 is 5.97 Å². The maximum atomic E-state index is 12.7. The lowest BCUT2D eigenvalue weighted by Crippen LogP contribution is -2.33. The minimum Gasteiger partial charge on any atom is -0.504 e. The molecule has 1 atom stereocenters. The summed E-state index contributed by atoms with van der Waals surface area (Å²) >= 11 is 0. The molecule has 1 N–H and O–H groups in total. The van der Waals surface area contributed by atoms with Gasteiger partial charge in [0, 0.05) is 5.41 Å². The summed E-state index contributed by atoms with van der Waals surface area (Å²) < 4.78 is 11.0. The number of hydrogen-bond donors (Lipinski definition) is 1. The summed E-state index contributed by atoms with van der Waals surface area (Å²) in [6.45, 7) is 10.4. The molecular formula is C23H30O4. The van der Waals surface area contributed by atoms with Gasteiger partial charge in [0.2, 0.25) is 0 Å². The Morgan fingerprint density at radius 1 is 1.30 bits per heavy atom. The normalized spacial score (nSPS) is 20.4. The molecule has 0 fully saturated rings. The van der Waals surface area contributed by atoms with Gasteiger partial charge in [-0.15, -0.1) is 0 Å². The van der Waals surface area contributed by atoms with Gasteiger partial charge < -0.3 is 14.6 Å². The van der Waals surface area contributed by atoms with E-state index in [9.17, 15) is 9.90 Å². The first-order chi connectivity index (χ1) is 12.7. The average molecular weight is 370 g/mol. The largest absolute Gasteiger partial charge is 0.504 e. The number of allylic oxidation sites excluding steroid dienone is 4. The molecule has 0 heterocycles. The van der Waals surface area contributed by atoms with Gasteiger partial charge >= 0.3 is 5.97 Å². The number of methoxy groups -OCH3 is 1. The Morgan fingerprint density at radius 2 is 2.04 bits per heavy atom. The zero-order valence-corrected chi connectivity index (χ0v) is 16.7. The second kappa shape index (κ2) is 8.94. The van der Waals surface area contributed by atoms with Crippen LogP contribution in [0, 0.1) is 5.41 Å². The molecule has 146 valence electrons. The van der Waals surface area contributed by atoms with Gasteiger partial charge in [-0.3, -0.25) is 0 Å². The highest BCUT2D eigenvalue weighted by molar-refractivity contribution is 5.90. The molecule has 0 spiro atoms. The number of rotatable bonds is 3. The number of benzene rings is 1. The number of hydrogen-bond acceptors (Lipinski definition) is 4. The third-order valence-corrected chi connectivity index (χ3v) is 5.00. The Balaban J connectivity index is 2.25. The summed E-state index contributed by atoms with van der Waals surface area (Å²) in [5, 5.41) is 9.73. The minimum atomic E-state index is -0.421. The molecule has 1 aromatic rings. The van der Waals surface area contributed by atoms with Crippen LogP contribution in [0.15, 0.2) is 54.2 Å². The Morgan fingerprint density at radius 3 is 2.74 bits per heavy atom. The third kappa shape index (κ3) is 5.75. The second-order valence-corrected chi connectivity index (χ2v) is 7.72. The standard InChI is InChI=1S/C23H30O4/c1-16-7-6-8-17(2)13-14-23(3,4)21(12-9-16)27-22(25)18-10-11-19(24)20(15-18)26-5/h7,10-11,13-15,21,24H,2,6,8-9,12H2,1,3-5H3/t21-/m1/s1. The van der Waals surface area contributed by atoms with Gasteiger partial charge in [0.1, 0.15) is 6.10 Å². The fourth-order valence-corrected chi connectivity index (χ4v) is 3.07. The van der Waals surface area contributed by atoms with Gasteiger partial charge in [0.25, 0.3) is 0 Å². The van der Waals surface area contributed by atoms with E-state index in [0.29, 0.717) is 5.56 Å². The second-order valence-electron chi connectivity index (χ2n) is 7.72. The zero-order chi connectivity index (χ0) is 20.0. The summed E-state index contributed by atoms with van der Waals surface area (Å²) in [6.07, 6.45) is 9.61. The van der Waals surface area contributed by atoms with Crippen LogP contribution < -0.4 is 4.74 Å². The lowest BCUT2D eigenvalue weighted by Gasteiger charge is -2.31. The van der Waals surface area contributed by atoms with E-state index in [1.54, 1.807) is 6.07 Å². The Kier molecular flexibility index (Phi) is 6.89. The fourth-order valence-electron chi connectivity index (χ4n) is 3.07. The number of aromatic hydroxyl groups is 1. The van der Waals surface area contributed by atoms with E-state index in [4.69, 9.17) is 9.47 Å². The highest BCUT2D eigenvalue weighted by atomic mass is 16.5. The van der Waals surface area contributed by atoms with Crippen molar-refractivity contribution in [1.29, 1.82) is 0 Å². The Hall–Kier alpha value is -2.49. The molecular weight excluding hydrogens is 340 g/mol. The molecule has 0 saturated carbocycles. The average Bonchev–Trinajstić information content (AvgIpc) is 2.64. The van der Waals surface area contributed by atoms with Crippen molar-refractivity contribution in [3.63, 3.8) is 0 Å². The first kappa shape index (κ1) is 20.8. The van der Waals surface area contributed by atoms with Crippen LogP contribution in [-0.4, -0.2) is 24.3 Å². The fraction of sp³-hybridized carbons (Fsp3) is 0.435. The van der Waals surface area contributed by atoms with Gasteiger partial charge in [-0.1, -0.05) is 49.8 Å². The molecule has 0 unspecified atom stereocenters. The Labute approximate surface area is 162 Å². The van der Waals surface area contributed by atoms with Crippen molar-refractivity contribution in [3.05, 3.63) is 59.7 Å². The van der Waals surface area contributed by atoms with Crippen molar-refractivity contribution in [1.82, 2.24) is 0 Å². The highest BCUT2D eigenvalue weighted by Crippen LogP contribution is 2.33. The van der Waals surface area contributed by atoms with Crippen LogP contribution >= 0.6 is 0 Å². The van der Waals surface area contributed by atoms with E-state index in [1.807, 2.05) is 6.08 Å². The summed E-state index contributed by atoms with van der Waals surface area (Å²) in [7, 11) is 1.45. The lowest BCUT2D eigenvalue weighted by atomic mass is 9.82. The molecule has 2 rings (SSSR count). The summed E-state index contributed by atoms with van der Waals surface area (Å²) in [4.78, 5) is 12.7. The number of carbonyl (C=O) groups excluding carboxylic acids is 1. The van der Waals surface area contributed by atoms with Crippen LogP contribution in [-0.2, 0) is 4.74 Å². The van der Waals surface area contributed by atoms with Gasteiger partial charge in [-0.2, -0.15) is 0 Å². The van der Waals surface area contributed by atoms with Crippen molar-refractivity contribution in [3.8, 4) is 11.5 Å². The van der Waals surface area contributed by atoms with Crippen molar-refractivity contribution in [2.24, 2.45) is 5.41 Å². The van der Waals surface area contributed by atoms with Gasteiger partial charge in [-0.25, -0.2) is 4.79 Å². The van der Waals surface area contributed by atoms with E-state index in [0.717, 1.165) is 31.3 Å². The number of carbonyl (C=O) groups is 1. The molecule has 0 bridgehead atoms. The van der Waals surface area contributed by atoms with Gasteiger partial charge in [-0.05, 0) is 50.8 Å². The zero-order valence-electron chi connectivity index (χ0n) is 16.7. The SMILES string of the molecule is C=C1C=CC(C)(C)[C@H](OC(=O)c2ccc(O)c(OC)c2)CCC(C)=CCC1. The maximum Gasteiger partial charge on any atom is 0.338 e. The molecule has 4 nitrogen and oxygen atoms in total. The number of ether oxygens (including phenoxy) is 2. The van der Waals surface area contributed by atoms with E-state index >= 15 is 0 Å². The molecule has 1 aliphatic carbocycles. The van der Waals surface area contributed by atoms with Gasteiger partial charge in [0.15, 0.2) is 11.5 Å². The molecule has 4 heteroatoms. The number of phenolic OH excluding ortho intramolecular Hbond substituents is 1. The van der Waals surface area contributed by atoms with Crippen LogP contribution in [0.3, 0.4) is 0 Å². The molecule has 0 radical (unpaired) electrons. The lowest BCUT2D eigenvalue weighted by molar-refractivity contribution is 0.00157.